The van der Waals surface area contributed by atoms with E-state index in [4.69, 9.17) is 4.74 Å². The molecule has 2 heterocycles. The van der Waals surface area contributed by atoms with Crippen LogP contribution < -0.4 is 15.0 Å². The lowest BCUT2D eigenvalue weighted by atomic mass is 10.2. The molecular formula is C16H20N4O. The summed E-state index contributed by atoms with van der Waals surface area (Å²) in [5, 5.41) is 3.35. The van der Waals surface area contributed by atoms with Crippen molar-refractivity contribution >= 4 is 5.82 Å². The van der Waals surface area contributed by atoms with E-state index in [2.05, 4.69) is 32.3 Å². The highest BCUT2D eigenvalue weighted by Gasteiger charge is 2.17. The van der Waals surface area contributed by atoms with Gasteiger partial charge in [0.15, 0.2) is 11.6 Å². The number of benzene rings is 1. The van der Waals surface area contributed by atoms with Crippen molar-refractivity contribution in [2.45, 2.75) is 13.5 Å². The van der Waals surface area contributed by atoms with Gasteiger partial charge in [-0.1, -0.05) is 30.3 Å². The summed E-state index contributed by atoms with van der Waals surface area (Å²) in [5.74, 6) is 2.43. The molecule has 0 bridgehead atoms. The zero-order valence-corrected chi connectivity index (χ0v) is 12.2. The second-order valence-corrected chi connectivity index (χ2v) is 5.12. The monoisotopic (exact) mass is 284 g/mol. The van der Waals surface area contributed by atoms with Crippen molar-refractivity contribution in [1.82, 2.24) is 15.3 Å². The third kappa shape index (κ3) is 3.49. The molecule has 3 rings (SSSR count). The van der Waals surface area contributed by atoms with Crippen LogP contribution in [0.15, 0.2) is 36.5 Å². The van der Waals surface area contributed by atoms with E-state index in [9.17, 15) is 0 Å². The van der Waals surface area contributed by atoms with Gasteiger partial charge in [0.2, 0.25) is 0 Å². The van der Waals surface area contributed by atoms with Gasteiger partial charge in [0.1, 0.15) is 12.4 Å². The Morgan fingerprint density at radius 3 is 2.71 bits per heavy atom. The maximum Gasteiger partial charge on any atom is 0.180 e. The van der Waals surface area contributed by atoms with Crippen LogP contribution in [-0.4, -0.2) is 36.1 Å². The van der Waals surface area contributed by atoms with Gasteiger partial charge in [0.05, 0.1) is 6.20 Å². The maximum absolute atomic E-state index is 5.94. The Kier molecular flexibility index (Phi) is 4.31. The Morgan fingerprint density at radius 2 is 1.95 bits per heavy atom. The molecule has 1 aliphatic heterocycles. The predicted octanol–water partition coefficient (Wildman–Crippen LogP) is 1.77. The van der Waals surface area contributed by atoms with Gasteiger partial charge in [-0.05, 0) is 12.5 Å². The highest BCUT2D eigenvalue weighted by Crippen LogP contribution is 2.26. The van der Waals surface area contributed by atoms with Crippen LogP contribution in [0.2, 0.25) is 0 Å². The van der Waals surface area contributed by atoms with Crippen molar-refractivity contribution in [1.29, 1.82) is 0 Å². The number of aromatic nitrogens is 2. The first-order chi connectivity index (χ1) is 10.3. The molecule has 0 atom stereocenters. The van der Waals surface area contributed by atoms with Crippen LogP contribution in [0.4, 0.5) is 5.82 Å². The third-order valence-corrected chi connectivity index (χ3v) is 3.51. The van der Waals surface area contributed by atoms with Crippen LogP contribution in [0, 0.1) is 6.92 Å². The number of hydrogen-bond donors (Lipinski definition) is 1. The van der Waals surface area contributed by atoms with E-state index >= 15 is 0 Å². The normalized spacial score (nSPS) is 15.0. The minimum atomic E-state index is 0.534. The van der Waals surface area contributed by atoms with Crippen LogP contribution in [-0.2, 0) is 6.61 Å². The first-order valence-electron chi connectivity index (χ1n) is 7.29. The minimum Gasteiger partial charge on any atom is -0.483 e. The van der Waals surface area contributed by atoms with E-state index in [1.807, 2.05) is 25.1 Å². The number of nitrogens with one attached hydrogen (secondary N) is 1. The molecule has 0 amide bonds. The molecule has 1 aromatic heterocycles. The third-order valence-electron chi connectivity index (χ3n) is 3.51. The predicted molar refractivity (Wildman–Crippen MR) is 82.6 cm³/mol. The number of piperazine rings is 1. The van der Waals surface area contributed by atoms with Crippen molar-refractivity contribution in [3.8, 4) is 5.75 Å². The molecule has 0 aliphatic carbocycles. The topological polar surface area (TPSA) is 50.3 Å². The summed E-state index contributed by atoms with van der Waals surface area (Å²) in [4.78, 5) is 11.1. The summed E-state index contributed by atoms with van der Waals surface area (Å²) >= 11 is 0. The van der Waals surface area contributed by atoms with Gasteiger partial charge in [-0.2, -0.15) is 0 Å². The number of ether oxygens (including phenoxy) is 1. The fourth-order valence-corrected chi connectivity index (χ4v) is 2.39. The molecule has 1 fully saturated rings. The second kappa shape index (κ2) is 6.54. The first-order valence-corrected chi connectivity index (χ1v) is 7.29. The van der Waals surface area contributed by atoms with Crippen molar-refractivity contribution in [3.05, 3.63) is 47.9 Å². The lowest BCUT2D eigenvalue weighted by molar-refractivity contribution is 0.303. The molecule has 1 N–H and O–H groups in total. The maximum atomic E-state index is 5.94. The van der Waals surface area contributed by atoms with Gasteiger partial charge in [-0.3, -0.25) is 0 Å². The Bertz CT molecular complexity index is 582. The smallest absolute Gasteiger partial charge is 0.180 e. The lowest BCUT2D eigenvalue weighted by Gasteiger charge is -2.29. The summed E-state index contributed by atoms with van der Waals surface area (Å²) in [5.41, 5.74) is 1.14. The van der Waals surface area contributed by atoms with E-state index in [1.165, 1.54) is 0 Å². The molecule has 5 heteroatoms. The van der Waals surface area contributed by atoms with E-state index in [0.29, 0.717) is 6.61 Å². The average molecular weight is 284 g/mol. The molecule has 1 saturated heterocycles. The fourth-order valence-electron chi connectivity index (χ4n) is 2.39. The zero-order chi connectivity index (χ0) is 14.5. The molecule has 0 spiro atoms. The summed E-state index contributed by atoms with van der Waals surface area (Å²) in [6.45, 7) is 6.28. The molecule has 1 aliphatic rings. The molecule has 2 aromatic rings. The quantitative estimate of drug-likeness (QED) is 0.927. The van der Waals surface area contributed by atoms with Gasteiger partial charge in [-0.15, -0.1) is 0 Å². The van der Waals surface area contributed by atoms with E-state index in [-0.39, 0.29) is 0 Å². The van der Waals surface area contributed by atoms with Gasteiger partial charge >= 0.3 is 0 Å². The van der Waals surface area contributed by atoms with Gasteiger partial charge in [-0.25, -0.2) is 9.97 Å². The lowest BCUT2D eigenvalue weighted by Crippen LogP contribution is -2.44. The molecule has 0 unspecified atom stereocenters. The van der Waals surface area contributed by atoms with Crippen LogP contribution in [0.3, 0.4) is 0 Å². The number of aryl methyl sites for hydroxylation is 1. The van der Waals surface area contributed by atoms with E-state index in [0.717, 1.165) is 49.1 Å². The Labute approximate surface area is 125 Å². The molecule has 0 saturated carbocycles. The van der Waals surface area contributed by atoms with Crippen LogP contribution >= 0.6 is 0 Å². The summed E-state index contributed by atoms with van der Waals surface area (Å²) < 4.78 is 5.94. The zero-order valence-electron chi connectivity index (χ0n) is 12.2. The largest absolute Gasteiger partial charge is 0.483 e. The standard InChI is InChI=1S/C16H20N4O/c1-13-18-11-15(21-12-14-5-3-2-4-6-14)16(19-13)20-9-7-17-8-10-20/h2-6,11,17H,7-10,12H2,1H3. The molecule has 0 radical (unpaired) electrons. The van der Waals surface area contributed by atoms with Gasteiger partial charge in [0, 0.05) is 26.2 Å². The van der Waals surface area contributed by atoms with Crippen molar-refractivity contribution < 1.29 is 4.74 Å². The summed E-state index contributed by atoms with van der Waals surface area (Å²) in [6, 6.07) is 10.1. The molecule has 5 nitrogen and oxygen atoms in total. The van der Waals surface area contributed by atoms with E-state index < -0.39 is 0 Å². The average Bonchev–Trinajstić information content (AvgIpc) is 2.55. The Balaban J connectivity index is 1.77. The Morgan fingerprint density at radius 1 is 1.19 bits per heavy atom. The number of nitrogens with zero attached hydrogens (tertiary/aromatic N) is 3. The fraction of sp³-hybridized carbons (Fsp3) is 0.375. The second-order valence-electron chi connectivity index (χ2n) is 5.12. The number of rotatable bonds is 4. The van der Waals surface area contributed by atoms with Crippen molar-refractivity contribution in [3.63, 3.8) is 0 Å². The van der Waals surface area contributed by atoms with Gasteiger partial charge in [0.25, 0.3) is 0 Å². The van der Waals surface area contributed by atoms with Gasteiger partial charge < -0.3 is 15.0 Å². The van der Waals surface area contributed by atoms with Crippen LogP contribution in [0.5, 0.6) is 5.75 Å². The minimum absolute atomic E-state index is 0.534. The molecular weight excluding hydrogens is 264 g/mol. The highest BCUT2D eigenvalue weighted by atomic mass is 16.5. The van der Waals surface area contributed by atoms with Crippen molar-refractivity contribution in [2.75, 3.05) is 31.1 Å². The highest BCUT2D eigenvalue weighted by molar-refractivity contribution is 5.51. The van der Waals surface area contributed by atoms with Crippen molar-refractivity contribution in [2.24, 2.45) is 0 Å². The molecule has 1 aromatic carbocycles. The van der Waals surface area contributed by atoms with E-state index in [1.54, 1.807) is 6.20 Å². The molecule has 110 valence electrons. The number of hydrogen-bond acceptors (Lipinski definition) is 5. The van der Waals surface area contributed by atoms with Crippen LogP contribution in [0.25, 0.3) is 0 Å². The Hall–Kier alpha value is -2.14. The SMILES string of the molecule is Cc1ncc(OCc2ccccc2)c(N2CCNCC2)n1. The number of anilines is 1. The molecule has 21 heavy (non-hydrogen) atoms. The summed E-state index contributed by atoms with van der Waals surface area (Å²) in [6.07, 6.45) is 1.78. The first kappa shape index (κ1) is 13.8. The van der Waals surface area contributed by atoms with Crippen LogP contribution in [0.1, 0.15) is 11.4 Å². The summed E-state index contributed by atoms with van der Waals surface area (Å²) in [7, 11) is 0.